The van der Waals surface area contributed by atoms with Crippen LogP contribution in [0.3, 0.4) is 0 Å². The van der Waals surface area contributed by atoms with Crippen LogP contribution in [-0.2, 0) is 11.2 Å². The Hall–Kier alpha value is -3.67. The number of hydrogen-bond donors (Lipinski definition) is 2. The fourth-order valence-corrected chi connectivity index (χ4v) is 2.62. The summed E-state index contributed by atoms with van der Waals surface area (Å²) in [7, 11) is 0. The van der Waals surface area contributed by atoms with Gasteiger partial charge >= 0.3 is 5.97 Å². The van der Waals surface area contributed by atoms with Crippen molar-refractivity contribution in [3.8, 4) is 0 Å². The number of aromatic nitrogens is 1. The Morgan fingerprint density at radius 1 is 0.846 bits per heavy atom. The minimum atomic E-state index is -1.31. The normalized spacial score (nSPS) is 10.3. The highest BCUT2D eigenvalue weighted by Crippen LogP contribution is 2.25. The van der Waals surface area contributed by atoms with Gasteiger partial charge in [0.2, 0.25) is 5.91 Å². The molecule has 0 unspecified atom stereocenters. The Labute approximate surface area is 149 Å². The van der Waals surface area contributed by atoms with Crippen molar-refractivity contribution in [3.63, 3.8) is 0 Å². The summed E-state index contributed by atoms with van der Waals surface area (Å²) in [6, 6.07) is 21.0. The molecule has 2 N–H and O–H groups in total. The molecule has 0 saturated heterocycles. The van der Waals surface area contributed by atoms with E-state index in [0.717, 1.165) is 0 Å². The molecule has 0 aliphatic carbocycles. The van der Waals surface area contributed by atoms with Crippen LogP contribution in [0.1, 0.15) is 16.1 Å². The number of amides is 1. The fourth-order valence-electron chi connectivity index (χ4n) is 2.62. The highest BCUT2D eigenvalue weighted by molar-refractivity contribution is 6.01. The number of nitrogens with one attached hydrogen (secondary N) is 1. The lowest BCUT2D eigenvalue weighted by Crippen LogP contribution is -2.29. The molecule has 0 aliphatic rings. The molecular formula is C20H16N2O4. The molecule has 0 aliphatic heterocycles. The zero-order chi connectivity index (χ0) is 18.5. The molecule has 130 valence electrons. The lowest BCUT2D eigenvalue weighted by atomic mass is 10.1. The van der Waals surface area contributed by atoms with Gasteiger partial charge in [-0.1, -0.05) is 36.4 Å². The summed E-state index contributed by atoms with van der Waals surface area (Å²) in [4.78, 5) is 39.7. The topological polar surface area (TPSA) is 90.5 Å². The summed E-state index contributed by atoms with van der Waals surface area (Å²) in [5.41, 5.74) is 0.668. The summed E-state index contributed by atoms with van der Waals surface area (Å²) in [5.74, 6) is -1.56. The summed E-state index contributed by atoms with van der Waals surface area (Å²) in [5, 5.41) is 8.93. The van der Waals surface area contributed by atoms with Crippen LogP contribution in [0.2, 0.25) is 0 Å². The molecule has 1 heterocycles. The fraction of sp³-hybridized carbons (Fsp3) is 0.0500. The van der Waals surface area contributed by atoms with E-state index in [2.05, 4.69) is 4.98 Å². The van der Waals surface area contributed by atoms with Gasteiger partial charge in [0.25, 0.3) is 5.56 Å². The van der Waals surface area contributed by atoms with Gasteiger partial charge in [-0.15, -0.1) is 0 Å². The number of carbonyl (C=O) groups is 2. The third-order valence-electron chi connectivity index (χ3n) is 3.82. The van der Waals surface area contributed by atoms with Gasteiger partial charge in [0.1, 0.15) is 5.56 Å². The van der Waals surface area contributed by atoms with Crippen LogP contribution in [0.4, 0.5) is 11.4 Å². The van der Waals surface area contributed by atoms with Gasteiger partial charge in [0.05, 0.1) is 6.42 Å². The predicted octanol–water partition coefficient (Wildman–Crippen LogP) is 2.98. The van der Waals surface area contributed by atoms with Crippen LogP contribution < -0.4 is 10.5 Å². The molecule has 0 fully saturated rings. The average Bonchev–Trinajstić information content (AvgIpc) is 2.63. The van der Waals surface area contributed by atoms with Gasteiger partial charge in [-0.25, -0.2) is 4.79 Å². The minimum absolute atomic E-state index is 0.0705. The van der Waals surface area contributed by atoms with Crippen molar-refractivity contribution in [1.29, 1.82) is 0 Å². The van der Waals surface area contributed by atoms with E-state index in [0.29, 0.717) is 17.1 Å². The highest BCUT2D eigenvalue weighted by atomic mass is 16.4. The van der Waals surface area contributed by atoms with Crippen LogP contribution in [0.5, 0.6) is 0 Å². The molecule has 6 heteroatoms. The first-order chi connectivity index (χ1) is 12.6. The van der Waals surface area contributed by atoms with Crippen molar-refractivity contribution in [2.45, 2.75) is 6.42 Å². The van der Waals surface area contributed by atoms with Crippen LogP contribution in [0.25, 0.3) is 0 Å². The van der Waals surface area contributed by atoms with Crippen LogP contribution in [0.15, 0.2) is 77.6 Å². The second kappa shape index (κ2) is 7.48. The van der Waals surface area contributed by atoms with Crippen LogP contribution >= 0.6 is 0 Å². The molecular weight excluding hydrogens is 332 g/mol. The predicted molar refractivity (Wildman–Crippen MR) is 97.8 cm³/mol. The Morgan fingerprint density at radius 3 is 1.85 bits per heavy atom. The number of aromatic amines is 1. The van der Waals surface area contributed by atoms with Crippen molar-refractivity contribution >= 4 is 23.3 Å². The van der Waals surface area contributed by atoms with E-state index in [-0.39, 0.29) is 17.9 Å². The average molecular weight is 348 g/mol. The summed E-state index contributed by atoms with van der Waals surface area (Å²) in [6.45, 7) is 0. The molecule has 3 aromatic rings. The molecule has 1 amide bonds. The second-order valence-corrected chi connectivity index (χ2v) is 5.61. The maximum absolute atomic E-state index is 12.9. The number of aromatic carboxylic acids is 1. The SMILES string of the molecule is O=C(O)c1ccc(CC(=O)N(c2ccccc2)c2ccccc2)[nH]c1=O. The smallest absolute Gasteiger partial charge is 0.341 e. The lowest BCUT2D eigenvalue weighted by Gasteiger charge is -2.23. The molecule has 0 spiro atoms. The maximum atomic E-state index is 12.9. The van der Waals surface area contributed by atoms with Crippen molar-refractivity contribution in [2.75, 3.05) is 4.90 Å². The molecule has 3 rings (SSSR count). The van der Waals surface area contributed by atoms with E-state index in [1.807, 2.05) is 60.7 Å². The van der Waals surface area contributed by atoms with Gasteiger partial charge in [0.15, 0.2) is 0 Å². The van der Waals surface area contributed by atoms with Crippen LogP contribution in [0, 0.1) is 0 Å². The Morgan fingerprint density at radius 2 is 1.38 bits per heavy atom. The van der Waals surface area contributed by atoms with Crippen LogP contribution in [-0.4, -0.2) is 22.0 Å². The zero-order valence-corrected chi connectivity index (χ0v) is 13.8. The Bertz CT molecular complexity index is 942. The number of rotatable bonds is 5. The van der Waals surface area contributed by atoms with Gasteiger partial charge < -0.3 is 10.1 Å². The molecule has 0 atom stereocenters. The summed E-state index contributed by atoms with van der Waals surface area (Å²) < 4.78 is 0. The largest absolute Gasteiger partial charge is 0.477 e. The molecule has 6 nitrogen and oxygen atoms in total. The summed E-state index contributed by atoms with van der Waals surface area (Å²) >= 11 is 0. The number of carboxylic acid groups (broad SMARTS) is 1. The van der Waals surface area contributed by atoms with Gasteiger partial charge in [-0.2, -0.15) is 0 Å². The number of pyridine rings is 1. The first kappa shape index (κ1) is 17.2. The first-order valence-electron chi connectivity index (χ1n) is 7.95. The van der Waals surface area contributed by atoms with E-state index in [9.17, 15) is 14.4 Å². The van der Waals surface area contributed by atoms with E-state index in [1.165, 1.54) is 12.1 Å². The van der Waals surface area contributed by atoms with E-state index in [1.54, 1.807) is 4.90 Å². The molecule has 1 aromatic heterocycles. The zero-order valence-electron chi connectivity index (χ0n) is 13.8. The Kier molecular flexibility index (Phi) is 4.94. The van der Waals surface area contributed by atoms with Gasteiger partial charge in [-0.3, -0.25) is 14.5 Å². The van der Waals surface area contributed by atoms with Gasteiger partial charge in [-0.05, 0) is 36.4 Å². The van der Waals surface area contributed by atoms with Crippen molar-refractivity contribution < 1.29 is 14.7 Å². The Balaban J connectivity index is 1.93. The number of benzene rings is 2. The number of hydrogen-bond acceptors (Lipinski definition) is 3. The molecule has 0 saturated carbocycles. The monoisotopic (exact) mass is 348 g/mol. The van der Waals surface area contributed by atoms with Crippen molar-refractivity contribution in [1.82, 2.24) is 4.98 Å². The highest BCUT2D eigenvalue weighted by Gasteiger charge is 2.19. The van der Waals surface area contributed by atoms with E-state index in [4.69, 9.17) is 5.11 Å². The number of nitrogens with zero attached hydrogens (tertiary/aromatic N) is 1. The minimum Gasteiger partial charge on any atom is -0.477 e. The number of H-pyrrole nitrogens is 1. The van der Waals surface area contributed by atoms with Crippen molar-refractivity contribution in [3.05, 3.63) is 94.4 Å². The van der Waals surface area contributed by atoms with Crippen molar-refractivity contribution in [2.24, 2.45) is 0 Å². The lowest BCUT2D eigenvalue weighted by molar-refractivity contribution is -0.117. The summed E-state index contributed by atoms with van der Waals surface area (Å²) in [6.07, 6.45) is -0.0705. The molecule has 2 aromatic carbocycles. The first-order valence-corrected chi connectivity index (χ1v) is 7.95. The number of para-hydroxylation sites is 2. The maximum Gasteiger partial charge on any atom is 0.341 e. The second-order valence-electron chi connectivity index (χ2n) is 5.61. The molecule has 0 bridgehead atoms. The number of carboxylic acids is 1. The third kappa shape index (κ3) is 3.70. The van der Waals surface area contributed by atoms with E-state index < -0.39 is 11.5 Å². The quantitative estimate of drug-likeness (QED) is 0.742. The number of anilines is 2. The number of carbonyl (C=O) groups excluding carboxylic acids is 1. The van der Waals surface area contributed by atoms with E-state index >= 15 is 0 Å². The standard InChI is InChI=1S/C20H16N2O4/c23-18(13-14-11-12-17(20(25)26)19(24)21-14)22(15-7-3-1-4-8-15)16-9-5-2-6-10-16/h1-12H,13H2,(H,21,24)(H,25,26). The third-order valence-corrected chi connectivity index (χ3v) is 3.82. The molecule has 26 heavy (non-hydrogen) atoms. The van der Waals surface area contributed by atoms with Gasteiger partial charge in [0, 0.05) is 17.1 Å². The molecule has 0 radical (unpaired) electrons.